The van der Waals surface area contributed by atoms with Crippen molar-refractivity contribution in [2.75, 3.05) is 37.6 Å². The average molecular weight is 386 g/mol. The number of urea groups is 1. The Labute approximate surface area is 164 Å². The number of benzene rings is 2. The third-order valence-corrected chi connectivity index (χ3v) is 4.98. The number of aryl methyl sites for hydroxylation is 1. The van der Waals surface area contributed by atoms with Crippen LogP contribution in [0.2, 0.25) is 5.02 Å². The number of amides is 2. The Hall–Kier alpha value is -2.53. The monoisotopic (exact) mass is 385 g/mol. The van der Waals surface area contributed by atoms with Crippen LogP contribution in [0.4, 0.5) is 10.5 Å². The van der Waals surface area contributed by atoms with Crippen LogP contribution in [0.15, 0.2) is 48.5 Å². The molecule has 0 aliphatic carbocycles. The van der Waals surface area contributed by atoms with E-state index < -0.39 is 0 Å². The first-order valence-corrected chi connectivity index (χ1v) is 9.54. The SMILES string of the molecule is Cc1ccc(C(=O)CCNC(=O)N2CCN(c3cccc(Cl)c3)CC2)cc1. The molecule has 1 N–H and O–H groups in total. The van der Waals surface area contributed by atoms with Crippen LogP contribution in [0.25, 0.3) is 0 Å². The Bertz CT molecular complexity index is 799. The van der Waals surface area contributed by atoms with Gasteiger partial charge >= 0.3 is 6.03 Å². The van der Waals surface area contributed by atoms with Gasteiger partial charge in [-0.3, -0.25) is 4.79 Å². The van der Waals surface area contributed by atoms with Crippen LogP contribution in [0.3, 0.4) is 0 Å². The van der Waals surface area contributed by atoms with E-state index in [1.54, 1.807) is 4.90 Å². The van der Waals surface area contributed by atoms with Gasteiger partial charge in [0.25, 0.3) is 0 Å². The molecular weight excluding hydrogens is 362 g/mol. The molecule has 27 heavy (non-hydrogen) atoms. The quantitative estimate of drug-likeness (QED) is 0.797. The second-order valence-corrected chi connectivity index (χ2v) is 7.16. The third-order valence-electron chi connectivity index (χ3n) is 4.74. The molecule has 0 radical (unpaired) electrons. The number of halogens is 1. The molecule has 2 amide bonds. The van der Waals surface area contributed by atoms with Gasteiger partial charge in [0.05, 0.1) is 0 Å². The average Bonchev–Trinajstić information content (AvgIpc) is 2.68. The summed E-state index contributed by atoms with van der Waals surface area (Å²) in [6, 6.07) is 15.1. The molecule has 5 nitrogen and oxygen atoms in total. The first-order chi connectivity index (χ1) is 13.0. The highest BCUT2D eigenvalue weighted by molar-refractivity contribution is 6.30. The van der Waals surface area contributed by atoms with Crippen LogP contribution in [-0.2, 0) is 0 Å². The maximum atomic E-state index is 12.3. The van der Waals surface area contributed by atoms with Gasteiger partial charge < -0.3 is 15.1 Å². The van der Waals surface area contributed by atoms with E-state index in [1.165, 1.54) is 0 Å². The number of Topliss-reactive ketones (excluding diaryl/α,β-unsaturated/α-hetero) is 1. The lowest BCUT2D eigenvalue weighted by Gasteiger charge is -2.36. The van der Waals surface area contributed by atoms with E-state index in [0.29, 0.717) is 36.6 Å². The minimum absolute atomic E-state index is 0.0427. The molecule has 0 atom stereocenters. The number of hydrogen-bond donors (Lipinski definition) is 1. The van der Waals surface area contributed by atoms with E-state index in [0.717, 1.165) is 24.3 Å². The molecular formula is C21H24ClN3O2. The summed E-state index contributed by atoms with van der Waals surface area (Å²) in [6.45, 7) is 5.14. The van der Waals surface area contributed by atoms with Crippen LogP contribution < -0.4 is 10.2 Å². The molecule has 0 spiro atoms. The number of anilines is 1. The predicted molar refractivity (Wildman–Crippen MR) is 109 cm³/mol. The summed E-state index contributed by atoms with van der Waals surface area (Å²) >= 11 is 6.05. The normalized spacial score (nSPS) is 14.1. The minimum atomic E-state index is -0.113. The summed E-state index contributed by atoms with van der Waals surface area (Å²) in [5, 5.41) is 3.57. The Kier molecular flexibility index (Phi) is 6.35. The van der Waals surface area contributed by atoms with Gasteiger partial charge in [-0.2, -0.15) is 0 Å². The Morgan fingerprint density at radius 3 is 2.41 bits per heavy atom. The molecule has 3 rings (SSSR count). The van der Waals surface area contributed by atoms with Crippen molar-refractivity contribution < 1.29 is 9.59 Å². The van der Waals surface area contributed by atoms with Crippen molar-refractivity contribution in [3.8, 4) is 0 Å². The van der Waals surface area contributed by atoms with E-state index in [9.17, 15) is 9.59 Å². The first kappa shape index (κ1) is 19.2. The van der Waals surface area contributed by atoms with Crippen molar-refractivity contribution in [3.05, 3.63) is 64.7 Å². The fraction of sp³-hybridized carbons (Fsp3) is 0.333. The van der Waals surface area contributed by atoms with Gasteiger partial charge in [-0.15, -0.1) is 0 Å². The summed E-state index contributed by atoms with van der Waals surface area (Å²) in [4.78, 5) is 28.5. The first-order valence-electron chi connectivity index (χ1n) is 9.16. The summed E-state index contributed by atoms with van der Waals surface area (Å²) in [6.07, 6.45) is 0.303. The molecule has 0 bridgehead atoms. The number of nitrogens with one attached hydrogen (secondary N) is 1. The summed E-state index contributed by atoms with van der Waals surface area (Å²) < 4.78 is 0. The summed E-state index contributed by atoms with van der Waals surface area (Å²) in [7, 11) is 0. The van der Waals surface area contributed by atoms with Crippen molar-refractivity contribution >= 4 is 29.1 Å². The molecule has 2 aromatic carbocycles. The summed E-state index contributed by atoms with van der Waals surface area (Å²) in [5.74, 6) is 0.0427. The van der Waals surface area contributed by atoms with Gasteiger partial charge in [-0.25, -0.2) is 4.79 Å². The number of hydrogen-bond acceptors (Lipinski definition) is 3. The molecule has 1 aliphatic heterocycles. The Balaban J connectivity index is 1.42. The van der Waals surface area contributed by atoms with Gasteiger partial charge in [0.2, 0.25) is 0 Å². The molecule has 1 aliphatic rings. The highest BCUT2D eigenvalue weighted by atomic mass is 35.5. The number of nitrogens with zero attached hydrogens (tertiary/aromatic N) is 2. The molecule has 0 unspecified atom stereocenters. The second-order valence-electron chi connectivity index (χ2n) is 6.73. The van der Waals surface area contributed by atoms with Gasteiger partial charge in [-0.1, -0.05) is 47.5 Å². The lowest BCUT2D eigenvalue weighted by Crippen LogP contribution is -2.52. The zero-order valence-electron chi connectivity index (χ0n) is 15.5. The number of carbonyl (C=O) groups excluding carboxylic acids is 2. The number of ketones is 1. The molecule has 1 saturated heterocycles. The van der Waals surface area contributed by atoms with Crippen molar-refractivity contribution in [2.24, 2.45) is 0 Å². The van der Waals surface area contributed by atoms with Crippen LogP contribution >= 0.6 is 11.6 Å². The lowest BCUT2D eigenvalue weighted by atomic mass is 10.1. The zero-order chi connectivity index (χ0) is 19.2. The fourth-order valence-electron chi connectivity index (χ4n) is 3.12. The third kappa shape index (κ3) is 5.23. The highest BCUT2D eigenvalue weighted by Gasteiger charge is 2.21. The van der Waals surface area contributed by atoms with Crippen molar-refractivity contribution in [2.45, 2.75) is 13.3 Å². The molecule has 142 valence electrons. The van der Waals surface area contributed by atoms with Crippen molar-refractivity contribution in [1.82, 2.24) is 10.2 Å². The fourth-order valence-corrected chi connectivity index (χ4v) is 3.30. The van der Waals surface area contributed by atoms with E-state index in [4.69, 9.17) is 11.6 Å². The second kappa shape index (κ2) is 8.91. The van der Waals surface area contributed by atoms with Gasteiger partial charge in [-0.05, 0) is 25.1 Å². The van der Waals surface area contributed by atoms with Crippen LogP contribution in [0.5, 0.6) is 0 Å². The van der Waals surface area contributed by atoms with E-state index in [2.05, 4.69) is 10.2 Å². The maximum absolute atomic E-state index is 12.3. The Morgan fingerprint density at radius 2 is 1.74 bits per heavy atom. The maximum Gasteiger partial charge on any atom is 0.317 e. The lowest BCUT2D eigenvalue weighted by molar-refractivity contribution is 0.0983. The van der Waals surface area contributed by atoms with E-state index >= 15 is 0 Å². The van der Waals surface area contributed by atoms with Crippen LogP contribution in [0, 0.1) is 6.92 Å². The highest BCUT2D eigenvalue weighted by Crippen LogP contribution is 2.20. The van der Waals surface area contributed by atoms with Gasteiger partial charge in [0.15, 0.2) is 5.78 Å². The largest absolute Gasteiger partial charge is 0.368 e. The number of carbonyl (C=O) groups is 2. The van der Waals surface area contributed by atoms with Gasteiger partial charge in [0.1, 0.15) is 0 Å². The van der Waals surface area contributed by atoms with Gasteiger partial charge in [0, 0.05) is 55.4 Å². The van der Waals surface area contributed by atoms with Crippen molar-refractivity contribution in [3.63, 3.8) is 0 Å². The molecule has 2 aromatic rings. The predicted octanol–water partition coefficient (Wildman–Crippen LogP) is 3.75. The molecule has 0 aromatic heterocycles. The number of rotatable bonds is 5. The molecule has 6 heteroatoms. The molecule has 1 fully saturated rings. The zero-order valence-corrected chi connectivity index (χ0v) is 16.2. The van der Waals surface area contributed by atoms with Crippen LogP contribution in [-0.4, -0.2) is 49.4 Å². The van der Waals surface area contributed by atoms with Crippen molar-refractivity contribution in [1.29, 1.82) is 0 Å². The Morgan fingerprint density at radius 1 is 1.04 bits per heavy atom. The summed E-state index contributed by atoms with van der Waals surface area (Å²) in [5.41, 5.74) is 2.88. The molecule has 0 saturated carbocycles. The standard InChI is InChI=1S/C21H24ClN3O2/c1-16-5-7-17(8-6-16)20(26)9-10-23-21(27)25-13-11-24(12-14-25)19-4-2-3-18(22)15-19/h2-8,15H,9-14H2,1H3,(H,23,27). The topological polar surface area (TPSA) is 52.7 Å². The molecule has 1 heterocycles. The van der Waals surface area contributed by atoms with Crippen LogP contribution in [0.1, 0.15) is 22.3 Å². The van der Waals surface area contributed by atoms with E-state index in [1.807, 2.05) is 55.5 Å². The minimum Gasteiger partial charge on any atom is -0.368 e. The van der Waals surface area contributed by atoms with E-state index in [-0.39, 0.29) is 11.8 Å². The number of piperazine rings is 1. The smallest absolute Gasteiger partial charge is 0.317 e.